The molecule has 1 aromatic carbocycles. The van der Waals surface area contributed by atoms with Gasteiger partial charge >= 0.3 is 0 Å². The van der Waals surface area contributed by atoms with Crippen LogP contribution in [0.15, 0.2) is 18.2 Å². The molecule has 0 spiro atoms. The van der Waals surface area contributed by atoms with E-state index in [-0.39, 0.29) is 29.7 Å². The van der Waals surface area contributed by atoms with E-state index in [0.29, 0.717) is 26.0 Å². The predicted octanol–water partition coefficient (Wildman–Crippen LogP) is 1.99. The summed E-state index contributed by atoms with van der Waals surface area (Å²) in [6, 6.07) is 3.93. The van der Waals surface area contributed by atoms with Gasteiger partial charge in [-0.2, -0.15) is 0 Å². The normalized spacial score (nSPS) is 20.6. The zero-order valence-corrected chi connectivity index (χ0v) is 13.4. The summed E-state index contributed by atoms with van der Waals surface area (Å²) in [5, 5.41) is 0. The van der Waals surface area contributed by atoms with Crippen molar-refractivity contribution in [1.82, 2.24) is 4.90 Å². The van der Waals surface area contributed by atoms with Crippen molar-refractivity contribution in [3.63, 3.8) is 0 Å². The Bertz CT molecular complexity index is 607. The number of sulfone groups is 1. The van der Waals surface area contributed by atoms with Crippen LogP contribution in [-0.4, -0.2) is 51.1 Å². The molecule has 2 rings (SSSR count). The van der Waals surface area contributed by atoms with Gasteiger partial charge in [-0.05, 0) is 18.9 Å². The summed E-state index contributed by atoms with van der Waals surface area (Å²) in [7, 11) is -1.43. The molecule has 124 valence electrons. The fourth-order valence-corrected chi connectivity index (χ4v) is 4.52. The van der Waals surface area contributed by atoms with E-state index in [9.17, 15) is 17.2 Å². The summed E-state index contributed by atoms with van der Waals surface area (Å²) >= 11 is 0. The molecule has 1 heterocycles. The smallest absolute Gasteiger partial charge is 0.163 e. The third kappa shape index (κ3) is 4.47. The lowest BCUT2D eigenvalue weighted by Gasteiger charge is -2.28. The number of benzene rings is 1. The third-order valence-corrected chi connectivity index (χ3v) is 5.67. The Hall–Kier alpha value is -1.05. The van der Waals surface area contributed by atoms with Gasteiger partial charge in [0.2, 0.25) is 0 Å². The van der Waals surface area contributed by atoms with E-state index in [2.05, 4.69) is 0 Å². The molecule has 1 aliphatic rings. The van der Waals surface area contributed by atoms with Gasteiger partial charge in [-0.25, -0.2) is 17.2 Å². The first-order valence-electron chi connectivity index (χ1n) is 7.29. The lowest BCUT2D eigenvalue weighted by atomic mass is 10.1. The highest BCUT2D eigenvalue weighted by Gasteiger charge is 2.32. The molecule has 1 aliphatic heterocycles. The van der Waals surface area contributed by atoms with Crippen LogP contribution >= 0.6 is 0 Å². The molecule has 22 heavy (non-hydrogen) atoms. The first kappa shape index (κ1) is 17.3. The molecule has 0 saturated carbocycles. The Balaban J connectivity index is 2.12. The van der Waals surface area contributed by atoms with E-state index >= 15 is 0 Å². The number of nitrogens with zero attached hydrogens (tertiary/aromatic N) is 1. The van der Waals surface area contributed by atoms with Gasteiger partial charge in [0.25, 0.3) is 0 Å². The third-order valence-electron chi connectivity index (χ3n) is 3.92. The quantitative estimate of drug-likeness (QED) is 0.716. The van der Waals surface area contributed by atoms with Gasteiger partial charge in [-0.15, -0.1) is 0 Å². The molecule has 0 aromatic heterocycles. The molecule has 0 amide bonds. The van der Waals surface area contributed by atoms with Crippen LogP contribution in [0, 0.1) is 11.6 Å². The number of methoxy groups -OCH3 is 1. The van der Waals surface area contributed by atoms with Crippen LogP contribution in [0.25, 0.3) is 0 Å². The molecule has 1 aromatic rings. The van der Waals surface area contributed by atoms with Crippen molar-refractivity contribution in [1.29, 1.82) is 0 Å². The minimum absolute atomic E-state index is 0.0803. The van der Waals surface area contributed by atoms with E-state index < -0.39 is 21.5 Å². The molecule has 0 N–H and O–H groups in total. The number of halogens is 2. The molecule has 4 nitrogen and oxygen atoms in total. The Kier molecular flexibility index (Phi) is 5.88. The average molecular weight is 333 g/mol. The van der Waals surface area contributed by atoms with Gasteiger partial charge in [-0.3, -0.25) is 4.90 Å². The first-order chi connectivity index (χ1) is 10.4. The lowest BCUT2D eigenvalue weighted by molar-refractivity contribution is 0.149. The van der Waals surface area contributed by atoms with Gasteiger partial charge in [0.1, 0.15) is 0 Å². The summed E-state index contributed by atoms with van der Waals surface area (Å²) in [4.78, 5) is 1.92. The number of hydrogen-bond donors (Lipinski definition) is 0. The van der Waals surface area contributed by atoms with E-state index in [1.165, 1.54) is 12.1 Å². The maximum Gasteiger partial charge on any atom is 0.163 e. The number of hydrogen-bond acceptors (Lipinski definition) is 4. The molecular formula is C15H21F2NO3S. The van der Waals surface area contributed by atoms with Gasteiger partial charge in [0, 0.05) is 38.4 Å². The van der Waals surface area contributed by atoms with Crippen molar-refractivity contribution in [2.75, 3.05) is 31.8 Å². The Morgan fingerprint density at radius 3 is 2.77 bits per heavy atom. The maximum absolute atomic E-state index is 13.8. The molecule has 1 fully saturated rings. The van der Waals surface area contributed by atoms with Crippen molar-refractivity contribution in [2.24, 2.45) is 0 Å². The predicted molar refractivity (Wildman–Crippen MR) is 80.3 cm³/mol. The molecule has 0 aliphatic carbocycles. The Morgan fingerprint density at radius 1 is 1.36 bits per heavy atom. The fourth-order valence-electron chi connectivity index (χ4n) is 2.76. The first-order valence-corrected chi connectivity index (χ1v) is 9.11. The molecule has 0 bridgehead atoms. The van der Waals surface area contributed by atoms with Crippen LogP contribution in [-0.2, 0) is 21.1 Å². The second-order valence-corrected chi connectivity index (χ2v) is 7.82. The minimum atomic E-state index is -3.02. The van der Waals surface area contributed by atoms with Crippen molar-refractivity contribution in [3.05, 3.63) is 35.4 Å². The SMILES string of the molecule is COCCCN(Cc1cccc(F)c1F)[C@H]1CCS(=O)(=O)C1. The van der Waals surface area contributed by atoms with E-state index in [0.717, 1.165) is 6.07 Å². The summed E-state index contributed by atoms with van der Waals surface area (Å²) < 4.78 is 55.5. The second-order valence-electron chi connectivity index (χ2n) is 5.59. The van der Waals surface area contributed by atoms with Gasteiger partial charge in [0.05, 0.1) is 11.5 Å². The highest BCUT2D eigenvalue weighted by molar-refractivity contribution is 7.91. The van der Waals surface area contributed by atoms with Crippen LogP contribution in [0.1, 0.15) is 18.4 Å². The molecule has 1 saturated heterocycles. The molecular weight excluding hydrogens is 312 g/mol. The fraction of sp³-hybridized carbons (Fsp3) is 0.600. The van der Waals surface area contributed by atoms with Gasteiger partial charge < -0.3 is 4.74 Å². The summed E-state index contributed by atoms with van der Waals surface area (Å²) in [6.45, 7) is 1.33. The van der Waals surface area contributed by atoms with E-state index in [1.54, 1.807) is 7.11 Å². The topological polar surface area (TPSA) is 46.6 Å². The summed E-state index contributed by atoms with van der Waals surface area (Å²) in [5.74, 6) is -1.51. The monoisotopic (exact) mass is 333 g/mol. The molecule has 0 unspecified atom stereocenters. The highest BCUT2D eigenvalue weighted by Crippen LogP contribution is 2.22. The standard InChI is InChI=1S/C15H21F2NO3S/c1-21-8-3-7-18(13-6-9-22(19,20)11-13)10-12-4-2-5-14(16)15(12)17/h2,4-5,13H,3,6-11H2,1H3/t13-/m0/s1. The lowest BCUT2D eigenvalue weighted by Crippen LogP contribution is -2.37. The van der Waals surface area contributed by atoms with Crippen molar-refractivity contribution < 1.29 is 21.9 Å². The van der Waals surface area contributed by atoms with E-state index in [1.807, 2.05) is 4.90 Å². The minimum Gasteiger partial charge on any atom is -0.385 e. The summed E-state index contributed by atoms with van der Waals surface area (Å²) in [6.07, 6.45) is 1.25. The molecule has 7 heteroatoms. The largest absolute Gasteiger partial charge is 0.385 e. The second kappa shape index (κ2) is 7.48. The van der Waals surface area contributed by atoms with E-state index in [4.69, 9.17) is 4.74 Å². The highest BCUT2D eigenvalue weighted by atomic mass is 32.2. The Morgan fingerprint density at radius 2 is 2.14 bits per heavy atom. The van der Waals surface area contributed by atoms with Gasteiger partial charge in [-0.1, -0.05) is 12.1 Å². The van der Waals surface area contributed by atoms with Crippen LogP contribution in [0.4, 0.5) is 8.78 Å². The zero-order chi connectivity index (χ0) is 16.2. The molecule has 0 radical (unpaired) electrons. The number of rotatable bonds is 7. The van der Waals surface area contributed by atoms with Crippen molar-refractivity contribution in [2.45, 2.75) is 25.4 Å². The molecule has 1 atom stereocenters. The van der Waals surface area contributed by atoms with Crippen LogP contribution in [0.5, 0.6) is 0 Å². The average Bonchev–Trinajstić information content (AvgIpc) is 2.83. The van der Waals surface area contributed by atoms with Crippen LogP contribution in [0.2, 0.25) is 0 Å². The zero-order valence-electron chi connectivity index (χ0n) is 12.6. The summed E-state index contributed by atoms with van der Waals surface area (Å²) in [5.41, 5.74) is 0.252. The number of ether oxygens (including phenoxy) is 1. The van der Waals surface area contributed by atoms with Crippen molar-refractivity contribution >= 4 is 9.84 Å². The van der Waals surface area contributed by atoms with Gasteiger partial charge in [0.15, 0.2) is 21.5 Å². The van der Waals surface area contributed by atoms with Crippen LogP contribution < -0.4 is 0 Å². The van der Waals surface area contributed by atoms with Crippen molar-refractivity contribution in [3.8, 4) is 0 Å². The van der Waals surface area contributed by atoms with Crippen LogP contribution in [0.3, 0.4) is 0 Å². The maximum atomic E-state index is 13.8. The Labute approximate surface area is 130 Å².